The predicted molar refractivity (Wildman–Crippen MR) is 88.4 cm³/mol. The molecule has 0 fully saturated rings. The van der Waals surface area contributed by atoms with Crippen molar-refractivity contribution in [3.63, 3.8) is 0 Å². The molecule has 114 valence electrons. The fourth-order valence-electron chi connectivity index (χ4n) is 1.95. The number of carbonyl (C=O) groups excluding carboxylic acids is 1. The molecule has 4 nitrogen and oxygen atoms in total. The van der Waals surface area contributed by atoms with Crippen molar-refractivity contribution in [3.8, 4) is 11.5 Å². The van der Waals surface area contributed by atoms with E-state index in [0.717, 1.165) is 5.56 Å². The van der Waals surface area contributed by atoms with E-state index in [0.29, 0.717) is 17.2 Å². The van der Waals surface area contributed by atoms with E-state index < -0.39 is 0 Å². The molecule has 0 bridgehead atoms. The third-order valence-electron chi connectivity index (χ3n) is 3.16. The number of methoxy groups -OCH3 is 2. The summed E-state index contributed by atoms with van der Waals surface area (Å²) in [5.41, 5.74) is 2.82. The minimum absolute atomic E-state index is 0.201. The molecule has 1 amide bonds. The zero-order valence-electron chi connectivity index (χ0n) is 12.9. The molecule has 0 heterocycles. The van der Waals surface area contributed by atoms with Crippen LogP contribution >= 0.6 is 0 Å². The molecule has 0 aromatic heterocycles. The largest absolute Gasteiger partial charge is 0.493 e. The molecular formula is C18H19NO3. The van der Waals surface area contributed by atoms with Gasteiger partial charge in [0.2, 0.25) is 5.91 Å². The molecule has 0 saturated carbocycles. The first kappa shape index (κ1) is 15.6. The average Bonchev–Trinajstić information content (AvgIpc) is 2.54. The van der Waals surface area contributed by atoms with Gasteiger partial charge >= 0.3 is 0 Å². The van der Waals surface area contributed by atoms with Gasteiger partial charge in [-0.25, -0.2) is 0 Å². The van der Waals surface area contributed by atoms with Crippen LogP contribution in [0.5, 0.6) is 11.5 Å². The number of nitrogens with one attached hydrogen (secondary N) is 1. The van der Waals surface area contributed by atoms with Crippen molar-refractivity contribution in [2.75, 3.05) is 19.5 Å². The predicted octanol–water partition coefficient (Wildman–Crippen LogP) is 3.66. The molecule has 0 aliphatic carbocycles. The van der Waals surface area contributed by atoms with Crippen molar-refractivity contribution >= 4 is 17.7 Å². The van der Waals surface area contributed by atoms with Crippen LogP contribution in [-0.2, 0) is 4.79 Å². The van der Waals surface area contributed by atoms with Crippen molar-refractivity contribution in [2.45, 2.75) is 6.92 Å². The number of hydrogen-bond acceptors (Lipinski definition) is 3. The third-order valence-corrected chi connectivity index (χ3v) is 3.16. The Labute approximate surface area is 130 Å². The smallest absolute Gasteiger partial charge is 0.248 e. The van der Waals surface area contributed by atoms with Crippen LogP contribution in [0.25, 0.3) is 6.08 Å². The normalized spacial score (nSPS) is 10.5. The van der Waals surface area contributed by atoms with Crippen LogP contribution in [0.2, 0.25) is 0 Å². The number of aryl methyl sites for hydroxylation is 1. The molecule has 22 heavy (non-hydrogen) atoms. The fourth-order valence-corrected chi connectivity index (χ4v) is 1.95. The summed E-state index contributed by atoms with van der Waals surface area (Å²) in [7, 11) is 3.13. The lowest BCUT2D eigenvalue weighted by Gasteiger charge is -2.09. The van der Waals surface area contributed by atoms with Crippen molar-refractivity contribution in [1.29, 1.82) is 0 Å². The standard InChI is InChI=1S/C18H19NO3/c1-13-4-6-14(7-5-13)8-11-18(20)19-15-9-10-16(21-2)17(12-15)22-3/h4-12H,1-3H3,(H,19,20). The summed E-state index contributed by atoms with van der Waals surface area (Å²) in [6.45, 7) is 2.03. The molecule has 0 aliphatic rings. The van der Waals surface area contributed by atoms with Gasteiger partial charge in [-0.05, 0) is 30.7 Å². The van der Waals surface area contributed by atoms with Crippen LogP contribution in [0.1, 0.15) is 11.1 Å². The number of carbonyl (C=O) groups is 1. The Balaban J connectivity index is 2.04. The van der Waals surface area contributed by atoms with Crippen molar-refractivity contribution in [1.82, 2.24) is 0 Å². The lowest BCUT2D eigenvalue weighted by Crippen LogP contribution is -2.07. The van der Waals surface area contributed by atoms with Crippen LogP contribution < -0.4 is 14.8 Å². The Hall–Kier alpha value is -2.75. The highest BCUT2D eigenvalue weighted by atomic mass is 16.5. The Morgan fingerprint density at radius 1 is 1.00 bits per heavy atom. The molecule has 2 aromatic rings. The van der Waals surface area contributed by atoms with Gasteiger partial charge in [0.25, 0.3) is 0 Å². The van der Waals surface area contributed by atoms with Gasteiger partial charge in [0.05, 0.1) is 14.2 Å². The van der Waals surface area contributed by atoms with E-state index in [9.17, 15) is 4.79 Å². The summed E-state index contributed by atoms with van der Waals surface area (Å²) in [5.74, 6) is 0.992. The second-order valence-corrected chi connectivity index (χ2v) is 4.80. The Morgan fingerprint density at radius 2 is 1.68 bits per heavy atom. The van der Waals surface area contributed by atoms with Gasteiger partial charge < -0.3 is 14.8 Å². The Morgan fingerprint density at radius 3 is 2.32 bits per heavy atom. The molecule has 0 atom stereocenters. The molecule has 1 N–H and O–H groups in total. The molecule has 2 aromatic carbocycles. The number of ether oxygens (including phenoxy) is 2. The van der Waals surface area contributed by atoms with Gasteiger partial charge in [0.15, 0.2) is 11.5 Å². The van der Waals surface area contributed by atoms with Crippen molar-refractivity contribution in [3.05, 3.63) is 59.7 Å². The first-order valence-electron chi connectivity index (χ1n) is 6.90. The molecule has 0 radical (unpaired) electrons. The van der Waals surface area contributed by atoms with E-state index in [1.807, 2.05) is 31.2 Å². The van der Waals surface area contributed by atoms with Gasteiger partial charge in [-0.2, -0.15) is 0 Å². The van der Waals surface area contributed by atoms with Gasteiger partial charge in [0.1, 0.15) is 0 Å². The molecular weight excluding hydrogens is 278 g/mol. The summed E-state index contributed by atoms with van der Waals surface area (Å²) in [6, 6.07) is 13.2. The summed E-state index contributed by atoms with van der Waals surface area (Å²) >= 11 is 0. The second-order valence-electron chi connectivity index (χ2n) is 4.80. The number of anilines is 1. The highest BCUT2D eigenvalue weighted by molar-refractivity contribution is 6.02. The zero-order valence-corrected chi connectivity index (χ0v) is 12.9. The maximum absolute atomic E-state index is 11.9. The number of hydrogen-bond donors (Lipinski definition) is 1. The maximum Gasteiger partial charge on any atom is 0.248 e. The van der Waals surface area contributed by atoms with E-state index in [-0.39, 0.29) is 5.91 Å². The number of rotatable bonds is 5. The van der Waals surface area contributed by atoms with Crippen molar-refractivity contribution in [2.24, 2.45) is 0 Å². The van der Waals surface area contributed by atoms with Gasteiger partial charge in [0, 0.05) is 17.8 Å². The highest BCUT2D eigenvalue weighted by Crippen LogP contribution is 2.29. The van der Waals surface area contributed by atoms with E-state index >= 15 is 0 Å². The van der Waals surface area contributed by atoms with Crippen LogP contribution in [-0.4, -0.2) is 20.1 Å². The zero-order chi connectivity index (χ0) is 15.9. The third kappa shape index (κ3) is 4.12. The average molecular weight is 297 g/mol. The molecule has 0 saturated heterocycles. The molecule has 0 unspecified atom stereocenters. The molecule has 4 heteroatoms. The number of amides is 1. The second kappa shape index (κ2) is 7.31. The lowest BCUT2D eigenvalue weighted by molar-refractivity contribution is -0.111. The minimum Gasteiger partial charge on any atom is -0.493 e. The molecule has 2 rings (SSSR count). The molecule has 0 spiro atoms. The first-order valence-corrected chi connectivity index (χ1v) is 6.90. The lowest BCUT2D eigenvalue weighted by atomic mass is 10.1. The van der Waals surface area contributed by atoms with Gasteiger partial charge in [-0.15, -0.1) is 0 Å². The highest BCUT2D eigenvalue weighted by Gasteiger charge is 2.05. The van der Waals surface area contributed by atoms with Gasteiger partial charge in [-0.3, -0.25) is 4.79 Å². The minimum atomic E-state index is -0.201. The van der Waals surface area contributed by atoms with Gasteiger partial charge in [-0.1, -0.05) is 29.8 Å². The summed E-state index contributed by atoms with van der Waals surface area (Å²) in [5, 5.41) is 2.79. The SMILES string of the molecule is COc1ccc(NC(=O)C=Cc2ccc(C)cc2)cc1OC. The van der Waals surface area contributed by atoms with Crippen molar-refractivity contribution < 1.29 is 14.3 Å². The fraction of sp³-hybridized carbons (Fsp3) is 0.167. The van der Waals surface area contributed by atoms with E-state index in [1.165, 1.54) is 11.6 Å². The van der Waals surface area contributed by atoms with Crippen LogP contribution in [0.3, 0.4) is 0 Å². The van der Waals surface area contributed by atoms with Crippen LogP contribution in [0, 0.1) is 6.92 Å². The van der Waals surface area contributed by atoms with Crippen LogP contribution in [0.4, 0.5) is 5.69 Å². The maximum atomic E-state index is 11.9. The monoisotopic (exact) mass is 297 g/mol. The first-order chi connectivity index (χ1) is 10.6. The summed E-state index contributed by atoms with van der Waals surface area (Å²) < 4.78 is 10.4. The van der Waals surface area contributed by atoms with E-state index in [1.54, 1.807) is 38.5 Å². The van der Waals surface area contributed by atoms with E-state index in [4.69, 9.17) is 9.47 Å². The quantitative estimate of drug-likeness (QED) is 0.857. The topological polar surface area (TPSA) is 47.6 Å². The molecule has 0 aliphatic heterocycles. The van der Waals surface area contributed by atoms with E-state index in [2.05, 4.69) is 5.32 Å². The van der Waals surface area contributed by atoms with Crippen LogP contribution in [0.15, 0.2) is 48.5 Å². The summed E-state index contributed by atoms with van der Waals surface area (Å²) in [6.07, 6.45) is 3.27. The Bertz CT molecular complexity index is 675. The Kier molecular flexibility index (Phi) is 5.20. The summed E-state index contributed by atoms with van der Waals surface area (Å²) in [4.78, 5) is 11.9. The number of benzene rings is 2.